The second-order valence-corrected chi connectivity index (χ2v) is 7.01. The van der Waals surface area contributed by atoms with Crippen LogP contribution in [0.1, 0.15) is 44.2 Å². The number of fused-ring (bicyclic) bond motifs is 1. The fourth-order valence-electron chi connectivity index (χ4n) is 3.22. The molecule has 2 aromatic rings. The van der Waals surface area contributed by atoms with Crippen LogP contribution in [0.5, 0.6) is 0 Å². The predicted octanol–water partition coefficient (Wildman–Crippen LogP) is 2.19. The molecular formula is C21H30N8O2. The van der Waals surface area contributed by atoms with Crippen LogP contribution in [0.2, 0.25) is 0 Å². The van der Waals surface area contributed by atoms with Crippen LogP contribution in [-0.2, 0) is 4.79 Å². The number of aliphatic hydroxyl groups is 1. The molecule has 1 aliphatic carbocycles. The topological polar surface area (TPSA) is 153 Å². The van der Waals surface area contributed by atoms with E-state index in [-0.39, 0.29) is 18.3 Å². The van der Waals surface area contributed by atoms with E-state index < -0.39 is 0 Å². The molecule has 1 amide bonds. The van der Waals surface area contributed by atoms with Crippen LogP contribution >= 0.6 is 0 Å². The normalized spacial score (nSPS) is 15.1. The number of amidine groups is 1. The number of hydrogen-bond acceptors (Lipinski definition) is 7. The van der Waals surface area contributed by atoms with E-state index in [2.05, 4.69) is 25.3 Å². The van der Waals surface area contributed by atoms with Gasteiger partial charge in [0, 0.05) is 25.9 Å². The number of amides is 1. The molecule has 1 aliphatic heterocycles. The highest BCUT2D eigenvalue weighted by Crippen LogP contribution is 2.27. The van der Waals surface area contributed by atoms with Crippen LogP contribution in [0.3, 0.4) is 0 Å². The molecule has 10 nitrogen and oxygen atoms in total. The molecular weight excluding hydrogens is 396 g/mol. The Labute approximate surface area is 182 Å². The maximum atomic E-state index is 11.5. The number of pyridine rings is 1. The maximum Gasteiger partial charge on any atom is 0.245 e. The Bertz CT molecular complexity index is 883. The van der Waals surface area contributed by atoms with E-state index in [9.17, 15) is 4.79 Å². The number of carbonyl (C=O) groups excluding carboxylic acids is 1. The smallest absolute Gasteiger partial charge is 0.245 e. The molecule has 10 heteroatoms. The van der Waals surface area contributed by atoms with Crippen LogP contribution < -0.4 is 16.0 Å². The zero-order chi connectivity index (χ0) is 22.6. The Balaban J connectivity index is 0.000000363. The molecule has 3 heterocycles. The number of rotatable bonds is 2. The summed E-state index contributed by atoms with van der Waals surface area (Å²) in [4.78, 5) is 29.8. The van der Waals surface area contributed by atoms with E-state index in [4.69, 9.17) is 16.2 Å². The molecule has 0 aromatic carbocycles. The van der Waals surface area contributed by atoms with Gasteiger partial charge in [-0.1, -0.05) is 38.5 Å². The SMILES string of the molecule is C1CCCCC1.CN1CC(=O)Nc2ncc(-c3ccc(C(=N)N=CN)nc3)nc21.CO. The molecule has 166 valence electrons. The van der Waals surface area contributed by atoms with Gasteiger partial charge in [-0.05, 0) is 12.1 Å². The minimum absolute atomic E-state index is 0.0157. The van der Waals surface area contributed by atoms with Crippen molar-refractivity contribution in [3.8, 4) is 11.3 Å². The lowest BCUT2D eigenvalue weighted by atomic mass is 10.0. The van der Waals surface area contributed by atoms with Gasteiger partial charge in [0.15, 0.2) is 17.5 Å². The molecule has 0 unspecified atom stereocenters. The first kappa shape index (κ1) is 23.9. The number of aromatic nitrogens is 3. The summed E-state index contributed by atoms with van der Waals surface area (Å²) in [6, 6.07) is 3.44. The lowest BCUT2D eigenvalue weighted by Gasteiger charge is -2.25. The largest absolute Gasteiger partial charge is 0.400 e. The van der Waals surface area contributed by atoms with E-state index in [1.54, 1.807) is 36.5 Å². The summed E-state index contributed by atoms with van der Waals surface area (Å²) in [7, 11) is 2.78. The molecule has 0 bridgehead atoms. The average Bonchev–Trinajstić information content (AvgIpc) is 2.82. The number of likely N-dealkylation sites (N-methyl/N-ethyl adjacent to an activating group) is 1. The van der Waals surface area contributed by atoms with Gasteiger partial charge in [0.05, 0.1) is 24.8 Å². The number of nitrogens with one attached hydrogen (secondary N) is 2. The highest BCUT2D eigenvalue weighted by molar-refractivity contribution is 5.99. The van der Waals surface area contributed by atoms with Gasteiger partial charge < -0.3 is 21.1 Å². The molecule has 31 heavy (non-hydrogen) atoms. The van der Waals surface area contributed by atoms with Crippen LogP contribution in [0.25, 0.3) is 11.3 Å². The van der Waals surface area contributed by atoms with Gasteiger partial charge in [-0.3, -0.25) is 15.2 Å². The van der Waals surface area contributed by atoms with Gasteiger partial charge in [0.25, 0.3) is 0 Å². The third-order valence-corrected chi connectivity index (χ3v) is 4.76. The van der Waals surface area contributed by atoms with E-state index in [1.807, 2.05) is 0 Å². The van der Waals surface area contributed by atoms with Crippen molar-refractivity contribution >= 4 is 29.7 Å². The molecule has 0 radical (unpaired) electrons. The zero-order valence-corrected chi connectivity index (χ0v) is 18.0. The van der Waals surface area contributed by atoms with Gasteiger partial charge in [-0.2, -0.15) is 0 Å². The van der Waals surface area contributed by atoms with Crippen molar-refractivity contribution in [2.24, 2.45) is 10.7 Å². The Morgan fingerprint density at radius 2 is 1.81 bits per heavy atom. The summed E-state index contributed by atoms with van der Waals surface area (Å²) in [6.45, 7) is 0.233. The molecule has 0 atom stereocenters. The third kappa shape index (κ3) is 6.82. The highest BCUT2D eigenvalue weighted by atomic mass is 16.2. The molecule has 1 saturated carbocycles. The molecule has 0 saturated heterocycles. The number of aliphatic imine (C=N–C) groups is 1. The van der Waals surface area contributed by atoms with Crippen LogP contribution in [0.15, 0.2) is 29.5 Å². The number of nitrogens with two attached hydrogens (primary N) is 1. The van der Waals surface area contributed by atoms with Gasteiger partial charge in [-0.15, -0.1) is 0 Å². The number of hydrogen-bond donors (Lipinski definition) is 4. The van der Waals surface area contributed by atoms with Crippen LogP contribution in [0.4, 0.5) is 11.6 Å². The second-order valence-electron chi connectivity index (χ2n) is 7.01. The average molecular weight is 427 g/mol. The van der Waals surface area contributed by atoms with E-state index in [1.165, 1.54) is 38.5 Å². The molecule has 4 rings (SSSR count). The van der Waals surface area contributed by atoms with Crippen LogP contribution in [-0.4, -0.2) is 58.8 Å². The van der Waals surface area contributed by atoms with E-state index in [0.717, 1.165) is 19.0 Å². The molecule has 0 spiro atoms. The van der Waals surface area contributed by atoms with Crippen molar-refractivity contribution < 1.29 is 9.90 Å². The Hall–Kier alpha value is -3.40. The first-order valence-corrected chi connectivity index (χ1v) is 10.2. The number of carbonyl (C=O) groups is 1. The van der Waals surface area contributed by atoms with E-state index in [0.29, 0.717) is 23.0 Å². The van der Waals surface area contributed by atoms with Gasteiger partial charge in [0.2, 0.25) is 5.91 Å². The molecule has 2 aromatic heterocycles. The number of nitrogens with zero attached hydrogens (tertiary/aromatic N) is 5. The van der Waals surface area contributed by atoms with Crippen molar-refractivity contribution in [2.75, 3.05) is 30.9 Å². The fourth-order valence-corrected chi connectivity index (χ4v) is 3.22. The summed E-state index contributed by atoms with van der Waals surface area (Å²) in [5.41, 5.74) is 6.94. The predicted molar refractivity (Wildman–Crippen MR) is 123 cm³/mol. The fraction of sp³-hybridized carbons (Fsp3) is 0.429. The summed E-state index contributed by atoms with van der Waals surface area (Å²) in [6.07, 6.45) is 13.2. The first-order valence-electron chi connectivity index (χ1n) is 10.2. The minimum atomic E-state index is -0.118. The van der Waals surface area contributed by atoms with Crippen molar-refractivity contribution in [3.63, 3.8) is 0 Å². The van der Waals surface area contributed by atoms with Crippen molar-refractivity contribution in [1.29, 1.82) is 5.41 Å². The third-order valence-electron chi connectivity index (χ3n) is 4.76. The van der Waals surface area contributed by atoms with Crippen molar-refractivity contribution in [1.82, 2.24) is 15.0 Å². The first-order chi connectivity index (χ1) is 15.1. The Morgan fingerprint density at radius 1 is 1.16 bits per heavy atom. The monoisotopic (exact) mass is 426 g/mol. The summed E-state index contributed by atoms with van der Waals surface area (Å²) >= 11 is 0. The number of aliphatic hydroxyl groups excluding tert-OH is 1. The molecule has 5 N–H and O–H groups in total. The lowest BCUT2D eigenvalue weighted by molar-refractivity contribution is -0.115. The Morgan fingerprint density at radius 3 is 2.35 bits per heavy atom. The van der Waals surface area contributed by atoms with Gasteiger partial charge >= 0.3 is 0 Å². The molecule has 2 aliphatic rings. The quantitative estimate of drug-likeness (QED) is 0.424. The summed E-state index contributed by atoms with van der Waals surface area (Å²) in [5, 5.41) is 17.3. The van der Waals surface area contributed by atoms with Crippen LogP contribution in [0, 0.1) is 5.41 Å². The highest BCUT2D eigenvalue weighted by Gasteiger charge is 2.22. The second kappa shape index (κ2) is 12.3. The summed E-state index contributed by atoms with van der Waals surface area (Å²) < 4.78 is 0. The minimum Gasteiger partial charge on any atom is -0.400 e. The van der Waals surface area contributed by atoms with Gasteiger partial charge in [0.1, 0.15) is 5.69 Å². The van der Waals surface area contributed by atoms with E-state index >= 15 is 0 Å². The summed E-state index contributed by atoms with van der Waals surface area (Å²) in [5.74, 6) is 0.910. The lowest BCUT2D eigenvalue weighted by Crippen LogP contribution is -2.36. The standard InChI is InChI=1S/C14H14N8O.C6H12.CH4O/c1-22-6-11(23)21-13-14(22)20-10(5-18-13)8-2-3-9(17-4-8)12(16)19-7-15;1-2-4-6-5-3-1;1-2/h2-5,7H,6H2,1H3,(H3,15,16,19)(H,18,21,23);1-6H2;2H,1H3. The van der Waals surface area contributed by atoms with Crippen molar-refractivity contribution in [2.45, 2.75) is 38.5 Å². The number of anilines is 2. The van der Waals surface area contributed by atoms with Crippen molar-refractivity contribution in [3.05, 3.63) is 30.2 Å². The zero-order valence-electron chi connectivity index (χ0n) is 18.0. The molecule has 1 fully saturated rings. The Kier molecular flexibility index (Phi) is 9.50. The van der Waals surface area contributed by atoms with Gasteiger partial charge in [-0.25, -0.2) is 15.0 Å². The maximum absolute atomic E-state index is 11.5.